The number of aromatic nitrogens is 3. The van der Waals surface area contributed by atoms with Crippen molar-refractivity contribution in [3.8, 4) is 0 Å². The van der Waals surface area contributed by atoms with Crippen LogP contribution in [0.5, 0.6) is 0 Å². The van der Waals surface area contributed by atoms with Crippen LogP contribution in [0.4, 0.5) is 0 Å². The van der Waals surface area contributed by atoms with Crippen molar-refractivity contribution < 1.29 is 0 Å². The minimum atomic E-state index is 0.527. The lowest BCUT2D eigenvalue weighted by Crippen LogP contribution is -2.23. The molecule has 23 heavy (non-hydrogen) atoms. The predicted molar refractivity (Wildman–Crippen MR) is 91.3 cm³/mol. The van der Waals surface area contributed by atoms with Gasteiger partial charge in [-0.1, -0.05) is 0 Å². The van der Waals surface area contributed by atoms with Crippen LogP contribution >= 0.6 is 0 Å². The Bertz CT molecular complexity index is 787. The molecule has 1 saturated heterocycles. The largest absolute Gasteiger partial charge is 0.302 e. The number of pyridine rings is 3. The van der Waals surface area contributed by atoms with E-state index in [4.69, 9.17) is 4.98 Å². The number of rotatable bonds is 4. The van der Waals surface area contributed by atoms with E-state index in [-0.39, 0.29) is 0 Å². The molecular weight excluding hydrogens is 284 g/mol. The van der Waals surface area contributed by atoms with E-state index >= 15 is 0 Å². The first-order valence-electron chi connectivity index (χ1n) is 8.21. The average molecular weight is 304 g/mol. The highest BCUT2D eigenvalue weighted by atomic mass is 15.1. The van der Waals surface area contributed by atoms with Gasteiger partial charge in [-0.2, -0.15) is 0 Å². The van der Waals surface area contributed by atoms with Gasteiger partial charge in [0.1, 0.15) is 0 Å². The zero-order valence-electron chi connectivity index (χ0n) is 13.1. The maximum Gasteiger partial charge on any atom is 0.159 e. The lowest BCUT2D eigenvalue weighted by Gasteiger charge is -2.16. The molecule has 3 aromatic rings. The van der Waals surface area contributed by atoms with E-state index in [0.717, 1.165) is 37.1 Å². The monoisotopic (exact) mass is 304 g/mol. The fraction of sp³-hybridized carbons (Fsp3) is 0.316. The first-order chi connectivity index (χ1) is 11.4. The third-order valence-corrected chi connectivity index (χ3v) is 4.64. The van der Waals surface area contributed by atoms with Crippen molar-refractivity contribution in [2.24, 2.45) is 0 Å². The standard InChI is InChI=1S/C19H20N4/c1-2-16-3-4-18(22-19(16)21-9-1)17-8-13-23(14-17)12-7-15-5-10-20-11-6-15/h1-6,9-11,17H,7-8,12-14H2. The fourth-order valence-electron chi connectivity index (χ4n) is 3.31. The van der Waals surface area contributed by atoms with Gasteiger partial charge in [0.15, 0.2) is 5.65 Å². The van der Waals surface area contributed by atoms with Gasteiger partial charge in [-0.05, 0) is 61.3 Å². The third kappa shape index (κ3) is 3.22. The number of nitrogens with zero attached hydrogens (tertiary/aromatic N) is 4. The SMILES string of the molecule is c1cnc2nc(C3CCN(CCc4ccncc4)C3)ccc2c1. The summed E-state index contributed by atoms with van der Waals surface area (Å²) in [7, 11) is 0. The summed E-state index contributed by atoms with van der Waals surface area (Å²) in [5.74, 6) is 0.527. The van der Waals surface area contributed by atoms with Gasteiger partial charge in [0.05, 0.1) is 0 Å². The van der Waals surface area contributed by atoms with Crippen LogP contribution in [-0.2, 0) is 6.42 Å². The van der Waals surface area contributed by atoms with Crippen LogP contribution in [0.15, 0.2) is 55.0 Å². The van der Waals surface area contributed by atoms with Crippen molar-refractivity contribution in [1.29, 1.82) is 0 Å². The van der Waals surface area contributed by atoms with Crippen LogP contribution in [0, 0.1) is 0 Å². The van der Waals surface area contributed by atoms with Gasteiger partial charge in [0.25, 0.3) is 0 Å². The van der Waals surface area contributed by atoms with E-state index in [1.165, 1.54) is 17.7 Å². The van der Waals surface area contributed by atoms with Crippen LogP contribution < -0.4 is 0 Å². The summed E-state index contributed by atoms with van der Waals surface area (Å²) in [6, 6.07) is 12.5. The Morgan fingerprint density at radius 1 is 1.04 bits per heavy atom. The number of fused-ring (bicyclic) bond motifs is 1. The molecular formula is C19H20N4. The van der Waals surface area contributed by atoms with Gasteiger partial charge in [-0.3, -0.25) is 4.98 Å². The van der Waals surface area contributed by atoms with E-state index in [1.807, 2.05) is 24.7 Å². The highest BCUT2D eigenvalue weighted by Gasteiger charge is 2.24. The van der Waals surface area contributed by atoms with Gasteiger partial charge in [-0.25, -0.2) is 9.97 Å². The Labute approximate surface area is 136 Å². The van der Waals surface area contributed by atoms with Crippen molar-refractivity contribution in [2.45, 2.75) is 18.8 Å². The normalized spacial score (nSPS) is 18.5. The molecule has 4 rings (SSSR count). The molecule has 4 heteroatoms. The number of likely N-dealkylation sites (tertiary alicyclic amines) is 1. The molecule has 3 aromatic heterocycles. The predicted octanol–water partition coefficient (Wildman–Crippen LogP) is 3.06. The molecule has 1 unspecified atom stereocenters. The van der Waals surface area contributed by atoms with Gasteiger partial charge in [0, 0.05) is 48.7 Å². The van der Waals surface area contributed by atoms with E-state index in [2.05, 4.69) is 45.2 Å². The molecule has 0 saturated carbocycles. The first-order valence-corrected chi connectivity index (χ1v) is 8.21. The molecule has 1 atom stereocenters. The fourth-order valence-corrected chi connectivity index (χ4v) is 3.31. The van der Waals surface area contributed by atoms with Crippen molar-refractivity contribution in [3.63, 3.8) is 0 Å². The quantitative estimate of drug-likeness (QED) is 0.743. The molecule has 116 valence electrons. The molecule has 0 aromatic carbocycles. The van der Waals surface area contributed by atoms with Gasteiger partial charge in [0.2, 0.25) is 0 Å². The molecule has 0 radical (unpaired) electrons. The number of hydrogen-bond acceptors (Lipinski definition) is 4. The van der Waals surface area contributed by atoms with Crippen molar-refractivity contribution in [1.82, 2.24) is 19.9 Å². The minimum Gasteiger partial charge on any atom is -0.302 e. The smallest absolute Gasteiger partial charge is 0.159 e. The summed E-state index contributed by atoms with van der Waals surface area (Å²) in [5.41, 5.74) is 3.40. The lowest BCUT2D eigenvalue weighted by atomic mass is 10.0. The second kappa shape index (κ2) is 6.42. The van der Waals surface area contributed by atoms with Crippen molar-refractivity contribution >= 4 is 11.0 Å². The Kier molecular flexibility index (Phi) is 3.99. The summed E-state index contributed by atoms with van der Waals surface area (Å²) in [5, 5.41) is 1.11. The molecule has 4 nitrogen and oxygen atoms in total. The zero-order valence-corrected chi connectivity index (χ0v) is 13.1. The second-order valence-electron chi connectivity index (χ2n) is 6.18. The van der Waals surface area contributed by atoms with Gasteiger partial charge in [-0.15, -0.1) is 0 Å². The summed E-state index contributed by atoms with van der Waals surface area (Å²) in [4.78, 5) is 15.8. The van der Waals surface area contributed by atoms with Crippen LogP contribution in [0.2, 0.25) is 0 Å². The molecule has 0 spiro atoms. The molecule has 0 amide bonds. The third-order valence-electron chi connectivity index (χ3n) is 4.64. The Balaban J connectivity index is 1.41. The van der Waals surface area contributed by atoms with Crippen LogP contribution in [0.25, 0.3) is 11.0 Å². The van der Waals surface area contributed by atoms with Crippen LogP contribution in [0.3, 0.4) is 0 Å². The lowest BCUT2D eigenvalue weighted by molar-refractivity contribution is 0.338. The molecule has 0 bridgehead atoms. The zero-order chi connectivity index (χ0) is 15.5. The Morgan fingerprint density at radius 3 is 2.87 bits per heavy atom. The van der Waals surface area contributed by atoms with E-state index in [0.29, 0.717) is 5.92 Å². The maximum atomic E-state index is 4.76. The van der Waals surface area contributed by atoms with Crippen molar-refractivity contribution in [2.75, 3.05) is 19.6 Å². The number of hydrogen-bond donors (Lipinski definition) is 0. The topological polar surface area (TPSA) is 41.9 Å². The first kappa shape index (κ1) is 14.3. The Hall–Kier alpha value is -2.33. The summed E-state index contributed by atoms with van der Waals surface area (Å²) < 4.78 is 0. The maximum absolute atomic E-state index is 4.76. The van der Waals surface area contributed by atoms with Crippen LogP contribution in [-0.4, -0.2) is 39.5 Å². The van der Waals surface area contributed by atoms with Crippen molar-refractivity contribution in [3.05, 3.63) is 66.2 Å². The second-order valence-corrected chi connectivity index (χ2v) is 6.18. The molecule has 1 aliphatic heterocycles. The highest BCUT2D eigenvalue weighted by molar-refractivity contribution is 5.74. The highest BCUT2D eigenvalue weighted by Crippen LogP contribution is 2.27. The van der Waals surface area contributed by atoms with E-state index in [1.54, 1.807) is 0 Å². The molecule has 0 N–H and O–H groups in total. The van der Waals surface area contributed by atoms with Crippen LogP contribution in [0.1, 0.15) is 23.6 Å². The van der Waals surface area contributed by atoms with Gasteiger partial charge < -0.3 is 4.90 Å². The minimum absolute atomic E-state index is 0.527. The molecule has 1 aliphatic rings. The summed E-state index contributed by atoms with van der Waals surface area (Å²) >= 11 is 0. The molecule has 4 heterocycles. The van der Waals surface area contributed by atoms with Gasteiger partial charge >= 0.3 is 0 Å². The Morgan fingerprint density at radius 2 is 1.96 bits per heavy atom. The van der Waals surface area contributed by atoms with E-state index < -0.39 is 0 Å². The summed E-state index contributed by atoms with van der Waals surface area (Å²) in [6.07, 6.45) is 7.82. The molecule has 0 aliphatic carbocycles. The molecule has 1 fully saturated rings. The average Bonchev–Trinajstić information content (AvgIpc) is 3.09. The summed E-state index contributed by atoms with van der Waals surface area (Å²) in [6.45, 7) is 3.35. The van der Waals surface area contributed by atoms with E-state index in [9.17, 15) is 0 Å².